The summed E-state index contributed by atoms with van der Waals surface area (Å²) in [7, 11) is 0. The zero-order valence-corrected chi connectivity index (χ0v) is 9.23. The number of hydrogen-bond donors (Lipinski definition) is 2. The standard InChI is InChI=1S/C13H13FN2O/c14-12-2-1-7-15-13(12)16-8-10-3-5-11(9-17)6-4-10/h1-7,17H,8-9H2,(H,15,16). The Morgan fingerprint density at radius 3 is 2.47 bits per heavy atom. The van der Waals surface area contributed by atoms with E-state index in [9.17, 15) is 4.39 Å². The fourth-order valence-corrected chi connectivity index (χ4v) is 1.46. The molecule has 17 heavy (non-hydrogen) atoms. The summed E-state index contributed by atoms with van der Waals surface area (Å²) in [6, 6.07) is 10.4. The lowest BCUT2D eigenvalue weighted by atomic mass is 10.1. The second-order valence-electron chi connectivity index (χ2n) is 3.66. The molecular weight excluding hydrogens is 219 g/mol. The summed E-state index contributed by atoms with van der Waals surface area (Å²) in [4.78, 5) is 3.90. The monoisotopic (exact) mass is 232 g/mol. The van der Waals surface area contributed by atoms with Gasteiger partial charge in [0.1, 0.15) is 0 Å². The van der Waals surface area contributed by atoms with Crippen LogP contribution in [-0.2, 0) is 13.2 Å². The van der Waals surface area contributed by atoms with Crippen molar-refractivity contribution in [2.45, 2.75) is 13.2 Å². The van der Waals surface area contributed by atoms with Crippen LogP contribution in [0.2, 0.25) is 0 Å². The van der Waals surface area contributed by atoms with Crippen LogP contribution in [0, 0.1) is 5.82 Å². The van der Waals surface area contributed by atoms with Crippen LogP contribution in [0.25, 0.3) is 0 Å². The number of aliphatic hydroxyl groups excluding tert-OH is 1. The van der Waals surface area contributed by atoms with Crippen molar-refractivity contribution in [1.29, 1.82) is 0 Å². The number of benzene rings is 1. The molecular formula is C13H13FN2O. The number of aliphatic hydroxyl groups is 1. The van der Waals surface area contributed by atoms with Gasteiger partial charge in [0.15, 0.2) is 11.6 Å². The van der Waals surface area contributed by atoms with Gasteiger partial charge in [-0.2, -0.15) is 0 Å². The van der Waals surface area contributed by atoms with Gasteiger partial charge < -0.3 is 10.4 Å². The second-order valence-corrected chi connectivity index (χ2v) is 3.66. The van der Waals surface area contributed by atoms with Crippen molar-refractivity contribution in [2.24, 2.45) is 0 Å². The maximum atomic E-state index is 13.3. The zero-order valence-electron chi connectivity index (χ0n) is 9.23. The van der Waals surface area contributed by atoms with Crippen LogP contribution in [0.15, 0.2) is 42.6 Å². The second kappa shape index (κ2) is 5.41. The topological polar surface area (TPSA) is 45.1 Å². The van der Waals surface area contributed by atoms with Crippen molar-refractivity contribution in [2.75, 3.05) is 5.32 Å². The number of halogens is 1. The summed E-state index contributed by atoms with van der Waals surface area (Å²) in [5.41, 5.74) is 1.87. The Morgan fingerprint density at radius 1 is 1.12 bits per heavy atom. The van der Waals surface area contributed by atoms with Crippen LogP contribution in [0.5, 0.6) is 0 Å². The molecule has 0 fully saturated rings. The third-order valence-electron chi connectivity index (χ3n) is 2.42. The van der Waals surface area contributed by atoms with Gasteiger partial charge in [-0.15, -0.1) is 0 Å². The molecule has 2 rings (SSSR count). The lowest BCUT2D eigenvalue weighted by Crippen LogP contribution is -2.03. The summed E-state index contributed by atoms with van der Waals surface area (Å²) in [6.07, 6.45) is 1.54. The van der Waals surface area contributed by atoms with Crippen LogP contribution in [0.3, 0.4) is 0 Å². The van der Waals surface area contributed by atoms with Crippen molar-refractivity contribution >= 4 is 5.82 Å². The van der Waals surface area contributed by atoms with Gasteiger partial charge >= 0.3 is 0 Å². The van der Waals surface area contributed by atoms with Crippen LogP contribution in [-0.4, -0.2) is 10.1 Å². The third kappa shape index (κ3) is 3.01. The van der Waals surface area contributed by atoms with E-state index < -0.39 is 0 Å². The Bertz CT molecular complexity index is 485. The lowest BCUT2D eigenvalue weighted by Gasteiger charge is -2.06. The van der Waals surface area contributed by atoms with Gasteiger partial charge in [0.05, 0.1) is 6.61 Å². The molecule has 0 unspecified atom stereocenters. The third-order valence-corrected chi connectivity index (χ3v) is 2.42. The molecule has 4 heteroatoms. The Morgan fingerprint density at radius 2 is 1.82 bits per heavy atom. The number of hydrogen-bond acceptors (Lipinski definition) is 3. The van der Waals surface area contributed by atoms with Crippen LogP contribution >= 0.6 is 0 Å². The number of nitrogens with one attached hydrogen (secondary N) is 1. The molecule has 1 aromatic carbocycles. The van der Waals surface area contributed by atoms with E-state index in [1.807, 2.05) is 24.3 Å². The maximum Gasteiger partial charge on any atom is 0.165 e. The van der Waals surface area contributed by atoms with E-state index in [2.05, 4.69) is 10.3 Å². The van der Waals surface area contributed by atoms with E-state index in [4.69, 9.17) is 5.11 Å². The minimum Gasteiger partial charge on any atom is -0.392 e. The first kappa shape index (κ1) is 11.5. The normalized spacial score (nSPS) is 10.2. The average molecular weight is 232 g/mol. The van der Waals surface area contributed by atoms with Gasteiger partial charge in [-0.1, -0.05) is 24.3 Å². The highest BCUT2D eigenvalue weighted by Gasteiger charge is 2.01. The molecule has 0 atom stereocenters. The van der Waals surface area contributed by atoms with Gasteiger partial charge in [-0.25, -0.2) is 9.37 Å². The Kier molecular flexibility index (Phi) is 3.67. The highest BCUT2D eigenvalue weighted by Crippen LogP contribution is 2.11. The molecule has 0 amide bonds. The smallest absolute Gasteiger partial charge is 0.165 e. The summed E-state index contributed by atoms with van der Waals surface area (Å²) in [5.74, 6) is -0.113. The molecule has 0 saturated heterocycles. The highest BCUT2D eigenvalue weighted by atomic mass is 19.1. The molecule has 0 radical (unpaired) electrons. The van der Waals surface area contributed by atoms with Crippen LogP contribution in [0.1, 0.15) is 11.1 Å². The first-order valence-electron chi connectivity index (χ1n) is 5.32. The van der Waals surface area contributed by atoms with E-state index in [1.165, 1.54) is 6.07 Å². The van der Waals surface area contributed by atoms with Gasteiger partial charge in [-0.3, -0.25) is 0 Å². The number of rotatable bonds is 4. The predicted octanol–water partition coefficient (Wildman–Crippen LogP) is 2.33. The lowest BCUT2D eigenvalue weighted by molar-refractivity contribution is 0.282. The molecule has 1 heterocycles. The fourth-order valence-electron chi connectivity index (χ4n) is 1.46. The van der Waals surface area contributed by atoms with Crippen molar-refractivity contribution in [1.82, 2.24) is 4.98 Å². The van der Waals surface area contributed by atoms with Crippen molar-refractivity contribution < 1.29 is 9.50 Å². The molecule has 2 N–H and O–H groups in total. The summed E-state index contributed by atoms with van der Waals surface area (Å²) in [5, 5.41) is 11.8. The Labute approximate surface area is 98.9 Å². The minimum atomic E-state index is -0.362. The number of anilines is 1. The average Bonchev–Trinajstić information content (AvgIpc) is 2.38. The molecule has 88 valence electrons. The molecule has 0 bridgehead atoms. The first-order valence-corrected chi connectivity index (χ1v) is 5.32. The number of pyridine rings is 1. The summed E-state index contributed by atoms with van der Waals surface area (Å²) < 4.78 is 13.3. The fraction of sp³-hybridized carbons (Fsp3) is 0.154. The summed E-state index contributed by atoms with van der Waals surface area (Å²) >= 11 is 0. The van der Waals surface area contributed by atoms with Crippen molar-refractivity contribution in [3.05, 3.63) is 59.5 Å². The quantitative estimate of drug-likeness (QED) is 0.850. The molecule has 1 aromatic heterocycles. The van der Waals surface area contributed by atoms with Crippen LogP contribution in [0.4, 0.5) is 10.2 Å². The molecule has 0 spiro atoms. The minimum absolute atomic E-state index is 0.0303. The Hall–Kier alpha value is -1.94. The maximum absolute atomic E-state index is 13.3. The van der Waals surface area contributed by atoms with E-state index in [0.717, 1.165) is 11.1 Å². The van der Waals surface area contributed by atoms with Gasteiger partial charge in [-0.05, 0) is 23.3 Å². The van der Waals surface area contributed by atoms with E-state index in [0.29, 0.717) is 6.54 Å². The molecule has 0 aliphatic carbocycles. The largest absolute Gasteiger partial charge is 0.392 e. The molecule has 3 nitrogen and oxygen atoms in total. The molecule has 0 aliphatic rings. The number of nitrogens with zero attached hydrogens (tertiary/aromatic N) is 1. The van der Waals surface area contributed by atoms with E-state index in [-0.39, 0.29) is 18.2 Å². The van der Waals surface area contributed by atoms with Crippen LogP contribution < -0.4 is 5.32 Å². The predicted molar refractivity (Wildman–Crippen MR) is 63.9 cm³/mol. The van der Waals surface area contributed by atoms with E-state index in [1.54, 1.807) is 12.3 Å². The molecule has 2 aromatic rings. The SMILES string of the molecule is OCc1ccc(CNc2ncccc2F)cc1. The Balaban J connectivity index is 2.00. The number of aromatic nitrogens is 1. The molecule has 0 saturated carbocycles. The molecule has 0 aliphatic heterocycles. The van der Waals surface area contributed by atoms with Gasteiger partial charge in [0, 0.05) is 12.7 Å². The van der Waals surface area contributed by atoms with Gasteiger partial charge in [0.2, 0.25) is 0 Å². The summed E-state index contributed by atoms with van der Waals surface area (Å²) in [6.45, 7) is 0.530. The van der Waals surface area contributed by atoms with Crippen molar-refractivity contribution in [3.63, 3.8) is 0 Å². The first-order chi connectivity index (χ1) is 8.29. The van der Waals surface area contributed by atoms with Gasteiger partial charge in [0.25, 0.3) is 0 Å². The highest BCUT2D eigenvalue weighted by molar-refractivity contribution is 5.37. The zero-order chi connectivity index (χ0) is 12.1. The van der Waals surface area contributed by atoms with E-state index >= 15 is 0 Å². The van der Waals surface area contributed by atoms with Crippen molar-refractivity contribution in [3.8, 4) is 0 Å².